The van der Waals surface area contributed by atoms with Crippen molar-refractivity contribution < 1.29 is 14.4 Å². The van der Waals surface area contributed by atoms with Crippen LogP contribution in [0, 0.1) is 13.8 Å². The van der Waals surface area contributed by atoms with Crippen LogP contribution in [0.4, 0.5) is 0 Å². The van der Waals surface area contributed by atoms with Crippen molar-refractivity contribution in [3.63, 3.8) is 0 Å². The van der Waals surface area contributed by atoms with Crippen molar-refractivity contribution in [3.05, 3.63) is 34.9 Å². The molecule has 0 spiro atoms. The average molecular weight is 304 g/mol. The van der Waals surface area contributed by atoms with Gasteiger partial charge in [0.15, 0.2) is 5.78 Å². The first-order chi connectivity index (χ1) is 10.3. The molecule has 2 N–H and O–H groups in total. The second-order valence-corrected chi connectivity index (χ2v) is 5.43. The lowest BCUT2D eigenvalue weighted by molar-refractivity contribution is -0.128. The van der Waals surface area contributed by atoms with Gasteiger partial charge in [-0.2, -0.15) is 0 Å². The van der Waals surface area contributed by atoms with E-state index in [9.17, 15) is 14.4 Å². The normalized spacial score (nSPS) is 11.6. The highest BCUT2D eigenvalue weighted by Gasteiger charge is 2.16. The lowest BCUT2D eigenvalue weighted by Gasteiger charge is -2.13. The average Bonchev–Trinajstić information content (AvgIpc) is 2.47. The first-order valence-electron chi connectivity index (χ1n) is 7.52. The maximum Gasteiger partial charge on any atom is 0.242 e. The van der Waals surface area contributed by atoms with E-state index in [0.717, 1.165) is 11.1 Å². The molecular formula is C17H24N2O3. The van der Waals surface area contributed by atoms with Gasteiger partial charge in [-0.25, -0.2) is 0 Å². The molecule has 1 atom stereocenters. The highest BCUT2D eigenvalue weighted by molar-refractivity contribution is 5.99. The topological polar surface area (TPSA) is 75.3 Å². The van der Waals surface area contributed by atoms with Crippen LogP contribution in [0.25, 0.3) is 0 Å². The predicted molar refractivity (Wildman–Crippen MR) is 85.8 cm³/mol. The third-order valence-electron chi connectivity index (χ3n) is 3.39. The van der Waals surface area contributed by atoms with Gasteiger partial charge in [-0.05, 0) is 39.3 Å². The summed E-state index contributed by atoms with van der Waals surface area (Å²) in [7, 11) is 0. The predicted octanol–water partition coefficient (Wildman–Crippen LogP) is 1.91. The SMILES string of the molecule is CCNC(=O)[C@@H](C)NC(=O)CCC(=O)c1cc(C)ccc1C. The van der Waals surface area contributed by atoms with Crippen LogP contribution in [0.1, 0.15) is 48.2 Å². The van der Waals surface area contributed by atoms with Gasteiger partial charge in [0.25, 0.3) is 0 Å². The minimum absolute atomic E-state index is 0.0537. The van der Waals surface area contributed by atoms with E-state index in [1.54, 1.807) is 6.92 Å². The van der Waals surface area contributed by atoms with Crippen molar-refractivity contribution >= 4 is 17.6 Å². The van der Waals surface area contributed by atoms with Gasteiger partial charge in [-0.15, -0.1) is 0 Å². The second kappa shape index (κ2) is 8.32. The first-order valence-corrected chi connectivity index (χ1v) is 7.52. The Hall–Kier alpha value is -2.17. The summed E-state index contributed by atoms with van der Waals surface area (Å²) in [5, 5.41) is 5.23. The van der Waals surface area contributed by atoms with Gasteiger partial charge in [0.05, 0.1) is 0 Å². The van der Waals surface area contributed by atoms with Crippen LogP contribution >= 0.6 is 0 Å². The number of carbonyl (C=O) groups excluding carboxylic acids is 3. The number of Topliss-reactive ketones (excluding diaryl/α,β-unsaturated/α-hetero) is 1. The fourth-order valence-corrected chi connectivity index (χ4v) is 2.10. The molecule has 1 rings (SSSR count). The quantitative estimate of drug-likeness (QED) is 0.756. The molecule has 0 aromatic heterocycles. The monoisotopic (exact) mass is 304 g/mol. The number of rotatable bonds is 7. The Kier molecular flexibility index (Phi) is 6.76. The molecule has 0 unspecified atom stereocenters. The van der Waals surface area contributed by atoms with Gasteiger partial charge in [0.1, 0.15) is 6.04 Å². The Bertz CT molecular complexity index is 567. The van der Waals surface area contributed by atoms with Crippen LogP contribution in [-0.2, 0) is 9.59 Å². The molecule has 0 bridgehead atoms. The Balaban J connectivity index is 2.52. The molecule has 0 aliphatic heterocycles. The molecule has 0 fully saturated rings. The molecule has 5 nitrogen and oxygen atoms in total. The van der Waals surface area contributed by atoms with Gasteiger partial charge < -0.3 is 10.6 Å². The Morgan fingerprint density at radius 1 is 1.14 bits per heavy atom. The third-order valence-corrected chi connectivity index (χ3v) is 3.39. The van der Waals surface area contributed by atoms with Gasteiger partial charge >= 0.3 is 0 Å². The smallest absolute Gasteiger partial charge is 0.242 e. The van der Waals surface area contributed by atoms with Crippen molar-refractivity contribution in [1.82, 2.24) is 10.6 Å². The maximum atomic E-state index is 12.2. The summed E-state index contributed by atoms with van der Waals surface area (Å²) < 4.78 is 0. The second-order valence-electron chi connectivity index (χ2n) is 5.43. The van der Waals surface area contributed by atoms with E-state index in [2.05, 4.69) is 10.6 Å². The molecule has 0 saturated carbocycles. The van der Waals surface area contributed by atoms with E-state index in [-0.39, 0.29) is 30.4 Å². The Labute approximate surface area is 131 Å². The Morgan fingerprint density at radius 2 is 1.82 bits per heavy atom. The van der Waals surface area contributed by atoms with Gasteiger partial charge in [-0.3, -0.25) is 14.4 Å². The van der Waals surface area contributed by atoms with Crippen LogP contribution in [0.2, 0.25) is 0 Å². The molecule has 0 heterocycles. The zero-order valence-electron chi connectivity index (χ0n) is 13.7. The van der Waals surface area contributed by atoms with Gasteiger partial charge in [0.2, 0.25) is 11.8 Å². The lowest BCUT2D eigenvalue weighted by Crippen LogP contribution is -2.44. The molecule has 2 amide bonds. The summed E-state index contributed by atoms with van der Waals surface area (Å²) in [4.78, 5) is 35.5. The highest BCUT2D eigenvalue weighted by atomic mass is 16.2. The maximum absolute atomic E-state index is 12.2. The molecule has 1 aromatic rings. The minimum atomic E-state index is -0.594. The summed E-state index contributed by atoms with van der Waals surface area (Å²) >= 11 is 0. The van der Waals surface area contributed by atoms with E-state index >= 15 is 0 Å². The summed E-state index contributed by atoms with van der Waals surface area (Å²) in [6, 6.07) is 5.10. The standard InChI is InChI=1S/C17H24N2O3/c1-5-18-17(22)13(4)19-16(21)9-8-15(20)14-10-11(2)6-7-12(14)3/h6-7,10,13H,5,8-9H2,1-4H3,(H,18,22)(H,19,21)/t13-/m1/s1. The largest absolute Gasteiger partial charge is 0.355 e. The number of benzene rings is 1. The molecular weight excluding hydrogens is 280 g/mol. The van der Waals surface area contributed by atoms with Crippen molar-refractivity contribution in [2.24, 2.45) is 0 Å². The molecule has 0 aliphatic carbocycles. The van der Waals surface area contributed by atoms with E-state index in [0.29, 0.717) is 12.1 Å². The molecule has 0 aliphatic rings. The molecule has 22 heavy (non-hydrogen) atoms. The minimum Gasteiger partial charge on any atom is -0.355 e. The summed E-state index contributed by atoms with van der Waals surface area (Å²) in [5.74, 6) is -0.573. The van der Waals surface area contributed by atoms with Gasteiger partial charge in [-0.1, -0.05) is 17.7 Å². The van der Waals surface area contributed by atoms with Crippen molar-refractivity contribution in [2.45, 2.75) is 46.6 Å². The van der Waals surface area contributed by atoms with Crippen molar-refractivity contribution in [3.8, 4) is 0 Å². The van der Waals surface area contributed by atoms with E-state index in [1.165, 1.54) is 0 Å². The van der Waals surface area contributed by atoms with Crippen LogP contribution in [0.3, 0.4) is 0 Å². The van der Waals surface area contributed by atoms with E-state index in [4.69, 9.17) is 0 Å². The van der Waals surface area contributed by atoms with Crippen molar-refractivity contribution in [1.29, 1.82) is 0 Å². The number of amides is 2. The molecule has 1 aromatic carbocycles. The van der Waals surface area contributed by atoms with Crippen LogP contribution in [0.15, 0.2) is 18.2 Å². The number of hydrogen-bond donors (Lipinski definition) is 2. The number of hydrogen-bond acceptors (Lipinski definition) is 3. The first kappa shape index (κ1) is 17.9. The number of nitrogens with one attached hydrogen (secondary N) is 2. The number of carbonyl (C=O) groups is 3. The van der Waals surface area contributed by atoms with E-state index in [1.807, 2.05) is 39.0 Å². The number of aryl methyl sites for hydroxylation is 2. The zero-order chi connectivity index (χ0) is 16.7. The summed E-state index contributed by atoms with van der Waals surface area (Å²) in [6.07, 6.45) is 0.216. The molecule has 120 valence electrons. The molecule has 0 radical (unpaired) electrons. The number of ketones is 1. The van der Waals surface area contributed by atoms with Gasteiger partial charge in [0, 0.05) is 24.9 Å². The number of likely N-dealkylation sites (N-methyl/N-ethyl adjacent to an activating group) is 1. The highest BCUT2D eigenvalue weighted by Crippen LogP contribution is 2.13. The van der Waals surface area contributed by atoms with Crippen LogP contribution in [-0.4, -0.2) is 30.2 Å². The zero-order valence-corrected chi connectivity index (χ0v) is 13.7. The third kappa shape index (κ3) is 5.31. The summed E-state index contributed by atoms with van der Waals surface area (Å²) in [6.45, 7) is 7.76. The lowest BCUT2D eigenvalue weighted by atomic mass is 9.99. The fraction of sp³-hybridized carbons (Fsp3) is 0.471. The molecule has 0 saturated heterocycles. The fourth-order valence-electron chi connectivity index (χ4n) is 2.10. The molecule has 5 heteroatoms. The summed E-state index contributed by atoms with van der Waals surface area (Å²) in [5.41, 5.74) is 2.58. The van der Waals surface area contributed by atoms with Crippen LogP contribution < -0.4 is 10.6 Å². The van der Waals surface area contributed by atoms with Crippen molar-refractivity contribution in [2.75, 3.05) is 6.54 Å². The Morgan fingerprint density at radius 3 is 2.45 bits per heavy atom. The van der Waals surface area contributed by atoms with Crippen LogP contribution in [0.5, 0.6) is 0 Å². The van der Waals surface area contributed by atoms with E-state index < -0.39 is 6.04 Å².